The zero-order valence-electron chi connectivity index (χ0n) is 11.4. The van der Waals surface area contributed by atoms with Crippen molar-refractivity contribution >= 4 is 11.8 Å². The zero-order valence-corrected chi connectivity index (χ0v) is 12.2. The quantitative estimate of drug-likeness (QED) is 0.918. The van der Waals surface area contributed by atoms with E-state index in [-0.39, 0.29) is 0 Å². The van der Waals surface area contributed by atoms with Gasteiger partial charge in [0, 0.05) is 16.2 Å². The summed E-state index contributed by atoms with van der Waals surface area (Å²) < 4.78 is 10.7. The van der Waals surface area contributed by atoms with Crippen LogP contribution in [0.2, 0.25) is 0 Å². The van der Waals surface area contributed by atoms with Crippen molar-refractivity contribution in [3.63, 3.8) is 0 Å². The van der Waals surface area contributed by atoms with Crippen LogP contribution in [0.4, 0.5) is 0 Å². The van der Waals surface area contributed by atoms with Crippen molar-refractivity contribution in [3.05, 3.63) is 47.5 Å². The molecule has 0 saturated heterocycles. The third-order valence-corrected chi connectivity index (χ3v) is 4.67. The van der Waals surface area contributed by atoms with Crippen molar-refractivity contribution < 1.29 is 14.6 Å². The smallest absolute Gasteiger partial charge is 0.161 e. The van der Waals surface area contributed by atoms with Gasteiger partial charge in [0.05, 0.1) is 20.3 Å². The Bertz CT molecular complexity index is 640. The van der Waals surface area contributed by atoms with Crippen molar-refractivity contribution in [3.8, 4) is 11.5 Å². The number of fused-ring (bicyclic) bond motifs is 2. The van der Waals surface area contributed by atoms with Crippen LogP contribution < -0.4 is 9.47 Å². The summed E-state index contributed by atoms with van der Waals surface area (Å²) in [6.45, 7) is 0. The molecule has 0 saturated carbocycles. The van der Waals surface area contributed by atoms with Gasteiger partial charge in [-0.3, -0.25) is 0 Å². The topological polar surface area (TPSA) is 38.7 Å². The molecule has 1 aliphatic heterocycles. The van der Waals surface area contributed by atoms with Gasteiger partial charge in [-0.2, -0.15) is 0 Å². The van der Waals surface area contributed by atoms with Crippen LogP contribution in [0, 0.1) is 0 Å². The Balaban J connectivity index is 2.12. The molecule has 1 aliphatic rings. The molecule has 1 N–H and O–H groups in total. The first kappa shape index (κ1) is 13.3. The Kier molecular flexibility index (Phi) is 3.59. The highest BCUT2D eigenvalue weighted by molar-refractivity contribution is 7.99. The Hall–Kier alpha value is -1.65. The van der Waals surface area contributed by atoms with Gasteiger partial charge in [-0.05, 0) is 29.3 Å². The van der Waals surface area contributed by atoms with Gasteiger partial charge in [0.15, 0.2) is 11.5 Å². The van der Waals surface area contributed by atoms with Crippen LogP contribution >= 0.6 is 11.8 Å². The molecule has 2 aromatic rings. The lowest BCUT2D eigenvalue weighted by Gasteiger charge is -2.13. The molecule has 0 fully saturated rings. The van der Waals surface area contributed by atoms with E-state index in [0.717, 1.165) is 20.9 Å². The van der Waals surface area contributed by atoms with E-state index in [1.807, 2.05) is 36.4 Å². The highest BCUT2D eigenvalue weighted by Crippen LogP contribution is 2.44. The first-order valence-corrected chi connectivity index (χ1v) is 7.24. The van der Waals surface area contributed by atoms with Crippen LogP contribution in [0.1, 0.15) is 17.2 Å². The fraction of sp³-hybridized carbons (Fsp3) is 0.250. The van der Waals surface area contributed by atoms with Gasteiger partial charge in [0.2, 0.25) is 0 Å². The van der Waals surface area contributed by atoms with Gasteiger partial charge in [0.25, 0.3) is 0 Å². The molecule has 104 valence electrons. The molecule has 1 atom stereocenters. The summed E-state index contributed by atoms with van der Waals surface area (Å²) in [7, 11) is 3.26. The summed E-state index contributed by atoms with van der Waals surface area (Å²) in [4.78, 5) is 2.19. The maximum absolute atomic E-state index is 10.4. The van der Waals surface area contributed by atoms with E-state index in [1.54, 1.807) is 26.0 Å². The minimum Gasteiger partial charge on any atom is -0.493 e. The van der Waals surface area contributed by atoms with Crippen molar-refractivity contribution in [2.24, 2.45) is 0 Å². The van der Waals surface area contributed by atoms with Crippen LogP contribution in [-0.4, -0.2) is 19.3 Å². The third-order valence-electron chi connectivity index (χ3n) is 3.48. The molecule has 0 spiro atoms. The predicted octanol–water partition coefficient (Wildman–Crippen LogP) is 3.44. The van der Waals surface area contributed by atoms with E-state index < -0.39 is 6.10 Å². The minimum atomic E-state index is -0.488. The highest BCUT2D eigenvalue weighted by atomic mass is 32.2. The molecule has 0 bridgehead atoms. The minimum absolute atomic E-state index is 0.488. The molecule has 0 amide bonds. The van der Waals surface area contributed by atoms with E-state index >= 15 is 0 Å². The molecule has 4 heteroatoms. The van der Waals surface area contributed by atoms with Gasteiger partial charge >= 0.3 is 0 Å². The van der Waals surface area contributed by atoms with Crippen molar-refractivity contribution in [2.75, 3.05) is 14.2 Å². The van der Waals surface area contributed by atoms with Gasteiger partial charge in [0.1, 0.15) is 0 Å². The van der Waals surface area contributed by atoms with Crippen LogP contribution in [0.5, 0.6) is 11.5 Å². The highest BCUT2D eigenvalue weighted by Gasteiger charge is 2.22. The summed E-state index contributed by atoms with van der Waals surface area (Å²) in [5.74, 6) is 1.41. The Morgan fingerprint density at radius 1 is 1.05 bits per heavy atom. The number of benzene rings is 2. The third kappa shape index (κ3) is 2.25. The molecule has 1 heterocycles. The van der Waals surface area contributed by atoms with E-state index in [1.165, 1.54) is 0 Å². The second-order valence-electron chi connectivity index (χ2n) is 4.67. The van der Waals surface area contributed by atoms with Crippen LogP contribution in [-0.2, 0) is 6.42 Å². The average molecular weight is 288 g/mol. The number of aliphatic hydroxyl groups excluding tert-OH is 1. The molecular formula is C16H16O3S. The summed E-state index contributed by atoms with van der Waals surface area (Å²) in [5, 5.41) is 10.4. The van der Waals surface area contributed by atoms with Crippen molar-refractivity contribution in [1.29, 1.82) is 0 Å². The van der Waals surface area contributed by atoms with E-state index in [9.17, 15) is 5.11 Å². The second-order valence-corrected chi connectivity index (χ2v) is 5.76. The van der Waals surface area contributed by atoms with E-state index in [0.29, 0.717) is 17.9 Å². The Labute approximate surface area is 122 Å². The maximum Gasteiger partial charge on any atom is 0.161 e. The molecular weight excluding hydrogens is 272 g/mol. The maximum atomic E-state index is 10.4. The number of methoxy groups -OCH3 is 2. The fourth-order valence-corrected chi connectivity index (χ4v) is 3.59. The van der Waals surface area contributed by atoms with Gasteiger partial charge in [-0.15, -0.1) is 0 Å². The van der Waals surface area contributed by atoms with Gasteiger partial charge in [-0.25, -0.2) is 0 Å². The molecule has 2 aromatic carbocycles. The van der Waals surface area contributed by atoms with Crippen molar-refractivity contribution in [2.45, 2.75) is 22.3 Å². The van der Waals surface area contributed by atoms with Crippen molar-refractivity contribution in [1.82, 2.24) is 0 Å². The number of hydrogen-bond acceptors (Lipinski definition) is 4. The summed E-state index contributed by atoms with van der Waals surface area (Å²) >= 11 is 1.66. The monoisotopic (exact) mass is 288 g/mol. The lowest BCUT2D eigenvalue weighted by molar-refractivity contribution is 0.175. The fourth-order valence-electron chi connectivity index (χ4n) is 2.44. The van der Waals surface area contributed by atoms with Gasteiger partial charge in [-0.1, -0.05) is 30.0 Å². The number of rotatable bonds is 2. The largest absolute Gasteiger partial charge is 0.493 e. The SMILES string of the molecule is COc1cc2c(cc1OC)Sc1ccccc1C(O)C2. The molecule has 0 radical (unpaired) electrons. The molecule has 20 heavy (non-hydrogen) atoms. The normalized spacial score (nSPS) is 16.9. The van der Waals surface area contributed by atoms with Gasteiger partial charge < -0.3 is 14.6 Å². The Morgan fingerprint density at radius 3 is 2.50 bits per heavy atom. The molecule has 3 nitrogen and oxygen atoms in total. The molecule has 0 aromatic heterocycles. The summed E-state index contributed by atoms with van der Waals surface area (Å²) in [5.41, 5.74) is 2.06. The van der Waals surface area contributed by atoms with Crippen LogP contribution in [0.15, 0.2) is 46.2 Å². The van der Waals surface area contributed by atoms with Crippen LogP contribution in [0.25, 0.3) is 0 Å². The second kappa shape index (κ2) is 5.38. The standard InChI is InChI=1S/C16H16O3S/c1-18-13-8-10-7-12(17)11-5-3-4-6-15(11)20-16(10)9-14(13)19-2/h3-6,8-9,12,17H,7H2,1-2H3. The van der Waals surface area contributed by atoms with E-state index in [2.05, 4.69) is 0 Å². The first-order chi connectivity index (χ1) is 9.72. The molecule has 0 aliphatic carbocycles. The average Bonchev–Trinajstić information content (AvgIpc) is 2.61. The van der Waals surface area contributed by atoms with E-state index in [4.69, 9.17) is 9.47 Å². The first-order valence-electron chi connectivity index (χ1n) is 6.42. The number of hydrogen-bond donors (Lipinski definition) is 1. The lowest BCUT2D eigenvalue weighted by Crippen LogP contribution is -2.02. The zero-order chi connectivity index (χ0) is 14.1. The number of ether oxygens (including phenoxy) is 2. The molecule has 1 unspecified atom stereocenters. The summed E-state index contributed by atoms with van der Waals surface area (Å²) in [6.07, 6.45) is 0.0951. The lowest BCUT2D eigenvalue weighted by atomic mass is 10.0. The summed E-state index contributed by atoms with van der Waals surface area (Å²) in [6, 6.07) is 11.9. The Morgan fingerprint density at radius 2 is 1.75 bits per heavy atom. The molecule has 3 rings (SSSR count). The number of aliphatic hydroxyl groups is 1. The predicted molar refractivity (Wildman–Crippen MR) is 78.8 cm³/mol. The van der Waals surface area contributed by atoms with Crippen LogP contribution in [0.3, 0.4) is 0 Å².